The molecule has 10 heteroatoms. The molecule has 0 fully saturated rings. The Morgan fingerprint density at radius 3 is 2.29 bits per heavy atom. The number of amides is 3. The van der Waals surface area contributed by atoms with Gasteiger partial charge < -0.3 is 10.2 Å². The average molecular weight is 641 g/mol. The summed E-state index contributed by atoms with van der Waals surface area (Å²) in [5, 5.41) is 2.99. The molecular formula is C31H34BrN3O5S. The number of benzene rings is 3. The van der Waals surface area contributed by atoms with Crippen LogP contribution in [0.1, 0.15) is 54.1 Å². The van der Waals surface area contributed by atoms with Crippen LogP contribution in [0.4, 0.5) is 0 Å². The molecule has 1 N–H and O–H groups in total. The molecule has 1 aliphatic rings. The molecule has 216 valence electrons. The van der Waals surface area contributed by atoms with Gasteiger partial charge in [-0.25, -0.2) is 12.7 Å². The minimum absolute atomic E-state index is 0.0140. The predicted octanol–water partition coefficient (Wildman–Crippen LogP) is 4.93. The monoisotopic (exact) mass is 639 g/mol. The number of unbranched alkanes of at least 4 members (excludes halogenated alkanes) is 1. The van der Waals surface area contributed by atoms with Crippen molar-refractivity contribution >= 4 is 43.7 Å². The fourth-order valence-electron chi connectivity index (χ4n) is 4.82. The zero-order chi connectivity index (χ0) is 29.4. The van der Waals surface area contributed by atoms with E-state index in [0.29, 0.717) is 13.0 Å². The van der Waals surface area contributed by atoms with Crippen molar-refractivity contribution in [3.63, 3.8) is 0 Å². The van der Waals surface area contributed by atoms with E-state index in [4.69, 9.17) is 0 Å². The van der Waals surface area contributed by atoms with Crippen LogP contribution in [0.15, 0.2) is 88.2 Å². The summed E-state index contributed by atoms with van der Waals surface area (Å²) in [6.45, 7) is 2.63. The van der Waals surface area contributed by atoms with Gasteiger partial charge in [-0.05, 0) is 48.2 Å². The molecule has 0 radical (unpaired) electrons. The van der Waals surface area contributed by atoms with E-state index in [1.165, 1.54) is 12.1 Å². The average Bonchev–Trinajstić information content (AvgIpc) is 3.17. The van der Waals surface area contributed by atoms with E-state index in [1.54, 1.807) is 17.0 Å². The second-order valence-corrected chi connectivity index (χ2v) is 12.7. The molecule has 0 spiro atoms. The lowest BCUT2D eigenvalue weighted by Crippen LogP contribution is -2.50. The SMILES string of the molecule is CCCCNC(=O)C(Cc1ccccc1)N(Cc1ccc(Br)cc1)C(=O)CCCN1C(=O)c2ccccc2S1(=O)=O. The fourth-order valence-corrected chi connectivity index (χ4v) is 6.69. The van der Waals surface area contributed by atoms with Crippen molar-refractivity contribution in [2.45, 2.75) is 56.5 Å². The first-order chi connectivity index (χ1) is 19.7. The maximum absolute atomic E-state index is 13.8. The fraction of sp³-hybridized carbons (Fsp3) is 0.323. The molecule has 41 heavy (non-hydrogen) atoms. The van der Waals surface area contributed by atoms with Crippen molar-refractivity contribution in [3.8, 4) is 0 Å². The molecule has 3 aromatic rings. The topological polar surface area (TPSA) is 104 Å². The summed E-state index contributed by atoms with van der Waals surface area (Å²) in [5.41, 5.74) is 1.92. The summed E-state index contributed by atoms with van der Waals surface area (Å²) < 4.78 is 27.6. The van der Waals surface area contributed by atoms with Crippen LogP contribution in [-0.2, 0) is 32.6 Å². The lowest BCUT2D eigenvalue weighted by atomic mass is 10.0. The normalized spacial score (nSPS) is 14.4. The molecule has 1 aliphatic heterocycles. The van der Waals surface area contributed by atoms with Crippen molar-refractivity contribution < 1.29 is 22.8 Å². The Morgan fingerprint density at radius 2 is 1.61 bits per heavy atom. The summed E-state index contributed by atoms with van der Waals surface area (Å²) in [4.78, 5) is 41.7. The number of fused-ring (bicyclic) bond motifs is 1. The predicted molar refractivity (Wildman–Crippen MR) is 160 cm³/mol. The highest BCUT2D eigenvalue weighted by atomic mass is 79.9. The maximum atomic E-state index is 13.8. The highest BCUT2D eigenvalue weighted by Crippen LogP contribution is 2.30. The summed E-state index contributed by atoms with van der Waals surface area (Å²) >= 11 is 3.44. The number of hydrogen-bond acceptors (Lipinski definition) is 5. The molecule has 0 saturated carbocycles. The summed E-state index contributed by atoms with van der Waals surface area (Å²) in [5.74, 6) is -1.11. The van der Waals surface area contributed by atoms with Gasteiger partial charge in [0.05, 0.1) is 5.56 Å². The molecule has 0 aliphatic carbocycles. The van der Waals surface area contributed by atoms with Gasteiger partial charge in [-0.15, -0.1) is 0 Å². The van der Waals surface area contributed by atoms with E-state index in [0.717, 1.165) is 32.7 Å². The molecule has 1 unspecified atom stereocenters. The van der Waals surface area contributed by atoms with E-state index < -0.39 is 22.0 Å². The van der Waals surface area contributed by atoms with Crippen LogP contribution >= 0.6 is 15.9 Å². The highest BCUT2D eigenvalue weighted by Gasteiger charge is 2.40. The van der Waals surface area contributed by atoms with Crippen LogP contribution < -0.4 is 5.32 Å². The molecule has 1 atom stereocenters. The third-order valence-corrected chi connectivity index (χ3v) is 9.40. The molecule has 0 bridgehead atoms. The molecule has 3 aromatic carbocycles. The summed E-state index contributed by atoms with van der Waals surface area (Å²) in [6.07, 6.45) is 2.18. The number of sulfonamides is 1. The molecule has 0 saturated heterocycles. The maximum Gasteiger partial charge on any atom is 0.269 e. The van der Waals surface area contributed by atoms with Crippen LogP contribution in [0.3, 0.4) is 0 Å². The van der Waals surface area contributed by atoms with Crippen LogP contribution in [-0.4, -0.2) is 54.5 Å². The zero-order valence-corrected chi connectivity index (χ0v) is 25.4. The smallest absolute Gasteiger partial charge is 0.269 e. The largest absolute Gasteiger partial charge is 0.354 e. The van der Waals surface area contributed by atoms with Crippen LogP contribution in [0.2, 0.25) is 0 Å². The van der Waals surface area contributed by atoms with Gasteiger partial charge in [0, 0.05) is 36.9 Å². The van der Waals surface area contributed by atoms with Crippen molar-refractivity contribution in [2.24, 2.45) is 0 Å². The summed E-state index contributed by atoms with van der Waals surface area (Å²) in [7, 11) is -3.96. The van der Waals surface area contributed by atoms with Crippen LogP contribution in [0.25, 0.3) is 0 Å². The Morgan fingerprint density at radius 1 is 0.927 bits per heavy atom. The van der Waals surface area contributed by atoms with Crippen molar-refractivity contribution in [1.29, 1.82) is 0 Å². The highest BCUT2D eigenvalue weighted by molar-refractivity contribution is 9.10. The number of nitrogens with one attached hydrogen (secondary N) is 1. The Labute approximate surface area is 249 Å². The number of hydrogen-bond donors (Lipinski definition) is 1. The number of rotatable bonds is 13. The second kappa shape index (κ2) is 13.9. The minimum Gasteiger partial charge on any atom is -0.354 e. The van der Waals surface area contributed by atoms with E-state index >= 15 is 0 Å². The lowest BCUT2D eigenvalue weighted by Gasteiger charge is -2.32. The van der Waals surface area contributed by atoms with Gasteiger partial charge in [-0.2, -0.15) is 0 Å². The lowest BCUT2D eigenvalue weighted by molar-refractivity contribution is -0.141. The minimum atomic E-state index is -3.96. The molecule has 3 amide bonds. The Bertz CT molecular complexity index is 1480. The van der Waals surface area contributed by atoms with Gasteiger partial charge in [0.15, 0.2) is 0 Å². The van der Waals surface area contributed by atoms with Crippen LogP contribution in [0, 0.1) is 0 Å². The van der Waals surface area contributed by atoms with E-state index in [2.05, 4.69) is 21.2 Å². The van der Waals surface area contributed by atoms with Gasteiger partial charge in [-0.3, -0.25) is 14.4 Å². The Kier molecular flexibility index (Phi) is 10.3. The van der Waals surface area contributed by atoms with Crippen molar-refractivity contribution in [1.82, 2.24) is 14.5 Å². The number of carbonyl (C=O) groups excluding carboxylic acids is 3. The summed E-state index contributed by atoms with van der Waals surface area (Å²) in [6, 6.07) is 22.4. The number of nitrogens with zero attached hydrogens (tertiary/aromatic N) is 2. The Hall–Kier alpha value is -3.50. The molecular weight excluding hydrogens is 606 g/mol. The molecule has 1 heterocycles. The van der Waals surface area contributed by atoms with Crippen molar-refractivity contribution in [3.05, 3.63) is 100 Å². The quantitative estimate of drug-likeness (QED) is 0.267. The molecule has 0 aromatic heterocycles. The third kappa shape index (κ3) is 7.42. The van der Waals surface area contributed by atoms with Gasteiger partial charge in [0.2, 0.25) is 11.8 Å². The first-order valence-electron chi connectivity index (χ1n) is 13.7. The van der Waals surface area contributed by atoms with Gasteiger partial charge in [0.25, 0.3) is 15.9 Å². The van der Waals surface area contributed by atoms with Gasteiger partial charge in [-0.1, -0.05) is 83.9 Å². The van der Waals surface area contributed by atoms with Crippen LogP contribution in [0.5, 0.6) is 0 Å². The number of halogens is 1. The first-order valence-corrected chi connectivity index (χ1v) is 16.0. The zero-order valence-electron chi connectivity index (χ0n) is 23.0. The van der Waals surface area contributed by atoms with Crippen molar-refractivity contribution in [2.75, 3.05) is 13.1 Å². The Balaban J connectivity index is 1.55. The van der Waals surface area contributed by atoms with E-state index in [9.17, 15) is 22.8 Å². The first kappa shape index (κ1) is 30.5. The standard InChI is InChI=1S/C31H34BrN3O5S/c1-2-3-19-33-30(37)27(21-23-10-5-4-6-11-23)34(22-24-15-17-25(32)18-16-24)29(36)14-9-20-35-31(38)26-12-7-8-13-28(26)41(35,39)40/h4-8,10-13,15-18,27H,2-3,9,14,19-22H2,1H3,(H,33,37). The third-order valence-electron chi connectivity index (χ3n) is 7.03. The molecule has 8 nitrogen and oxygen atoms in total. The van der Waals surface area contributed by atoms with E-state index in [-0.39, 0.29) is 48.2 Å². The van der Waals surface area contributed by atoms with E-state index in [1.807, 2.05) is 61.5 Å². The van der Waals surface area contributed by atoms with Gasteiger partial charge >= 0.3 is 0 Å². The van der Waals surface area contributed by atoms with Gasteiger partial charge in [0.1, 0.15) is 10.9 Å². The number of carbonyl (C=O) groups is 3. The second-order valence-electron chi connectivity index (χ2n) is 9.98. The molecule has 4 rings (SSSR count).